The third kappa shape index (κ3) is 1.61. The Labute approximate surface area is 89.6 Å². The Kier molecular flexibility index (Phi) is 2.23. The van der Waals surface area contributed by atoms with E-state index >= 15 is 0 Å². The molecule has 0 saturated heterocycles. The SMILES string of the molecule is Cc1ccc(-c2c(C)nc(N)n2C)cc1. The number of aromatic nitrogens is 2. The van der Waals surface area contributed by atoms with Gasteiger partial charge < -0.3 is 10.3 Å². The zero-order chi connectivity index (χ0) is 11.0. The summed E-state index contributed by atoms with van der Waals surface area (Å²) in [6, 6.07) is 8.38. The predicted molar refractivity (Wildman–Crippen MR) is 62.5 cm³/mol. The number of nitrogens with two attached hydrogens (primary N) is 1. The van der Waals surface area contributed by atoms with Crippen molar-refractivity contribution in [3.05, 3.63) is 35.5 Å². The Morgan fingerprint density at radius 2 is 1.73 bits per heavy atom. The lowest BCUT2D eigenvalue weighted by molar-refractivity contribution is 0.937. The van der Waals surface area contributed by atoms with Gasteiger partial charge in [0.2, 0.25) is 5.95 Å². The van der Waals surface area contributed by atoms with Crippen LogP contribution in [0.1, 0.15) is 11.3 Å². The molecule has 0 amide bonds. The number of hydrogen-bond acceptors (Lipinski definition) is 2. The predicted octanol–water partition coefficient (Wildman–Crippen LogP) is 2.29. The van der Waals surface area contributed by atoms with Crippen molar-refractivity contribution in [3.8, 4) is 11.3 Å². The van der Waals surface area contributed by atoms with Crippen LogP contribution in [-0.4, -0.2) is 9.55 Å². The maximum Gasteiger partial charge on any atom is 0.200 e. The molecule has 0 bridgehead atoms. The summed E-state index contributed by atoms with van der Waals surface area (Å²) >= 11 is 0. The Balaban J connectivity index is 2.58. The quantitative estimate of drug-likeness (QED) is 0.769. The van der Waals surface area contributed by atoms with Gasteiger partial charge in [-0.1, -0.05) is 29.8 Å². The van der Waals surface area contributed by atoms with Gasteiger partial charge in [0.1, 0.15) is 0 Å². The summed E-state index contributed by atoms with van der Waals surface area (Å²) in [6.07, 6.45) is 0. The number of anilines is 1. The molecule has 0 aliphatic heterocycles. The number of hydrogen-bond donors (Lipinski definition) is 1. The fraction of sp³-hybridized carbons (Fsp3) is 0.250. The zero-order valence-corrected chi connectivity index (χ0v) is 9.28. The van der Waals surface area contributed by atoms with Crippen LogP contribution in [0, 0.1) is 13.8 Å². The molecule has 3 nitrogen and oxygen atoms in total. The van der Waals surface area contributed by atoms with Gasteiger partial charge in [-0.15, -0.1) is 0 Å². The van der Waals surface area contributed by atoms with Crippen molar-refractivity contribution in [2.24, 2.45) is 7.05 Å². The molecule has 2 aromatic rings. The molecular formula is C12H15N3. The lowest BCUT2D eigenvalue weighted by atomic mass is 10.1. The highest BCUT2D eigenvalue weighted by molar-refractivity contribution is 5.64. The van der Waals surface area contributed by atoms with E-state index in [9.17, 15) is 0 Å². The van der Waals surface area contributed by atoms with Gasteiger partial charge in [0.15, 0.2) is 0 Å². The van der Waals surface area contributed by atoms with E-state index in [0.717, 1.165) is 17.0 Å². The molecule has 0 atom stereocenters. The maximum atomic E-state index is 5.76. The van der Waals surface area contributed by atoms with Crippen LogP contribution < -0.4 is 5.73 Å². The Bertz CT molecular complexity index is 480. The fourth-order valence-electron chi connectivity index (χ4n) is 1.77. The summed E-state index contributed by atoms with van der Waals surface area (Å²) < 4.78 is 1.92. The van der Waals surface area contributed by atoms with Crippen molar-refractivity contribution in [2.45, 2.75) is 13.8 Å². The molecule has 1 heterocycles. The molecule has 1 aromatic heterocycles. The first-order chi connectivity index (χ1) is 7.09. The van der Waals surface area contributed by atoms with E-state index < -0.39 is 0 Å². The molecule has 78 valence electrons. The van der Waals surface area contributed by atoms with Gasteiger partial charge in [-0.2, -0.15) is 0 Å². The summed E-state index contributed by atoms with van der Waals surface area (Å²) in [6.45, 7) is 4.06. The van der Waals surface area contributed by atoms with Gasteiger partial charge in [0, 0.05) is 12.6 Å². The van der Waals surface area contributed by atoms with Crippen LogP contribution in [0.25, 0.3) is 11.3 Å². The van der Waals surface area contributed by atoms with Crippen molar-refractivity contribution in [1.29, 1.82) is 0 Å². The van der Waals surface area contributed by atoms with Gasteiger partial charge >= 0.3 is 0 Å². The fourth-order valence-corrected chi connectivity index (χ4v) is 1.77. The van der Waals surface area contributed by atoms with Crippen LogP contribution in [0.2, 0.25) is 0 Å². The summed E-state index contributed by atoms with van der Waals surface area (Å²) in [5.41, 5.74) is 10.2. The molecule has 2 rings (SSSR count). The number of rotatable bonds is 1. The molecule has 15 heavy (non-hydrogen) atoms. The third-order valence-electron chi connectivity index (χ3n) is 2.63. The molecule has 1 aromatic carbocycles. The average Bonchev–Trinajstić information content (AvgIpc) is 2.44. The highest BCUT2D eigenvalue weighted by atomic mass is 15.1. The number of benzene rings is 1. The second-order valence-electron chi connectivity index (χ2n) is 3.83. The first-order valence-corrected chi connectivity index (χ1v) is 4.95. The molecule has 0 spiro atoms. The molecule has 2 N–H and O–H groups in total. The first-order valence-electron chi connectivity index (χ1n) is 4.95. The summed E-state index contributed by atoms with van der Waals surface area (Å²) in [4.78, 5) is 4.25. The Morgan fingerprint density at radius 3 is 2.20 bits per heavy atom. The molecule has 0 saturated carbocycles. The standard InChI is InChI=1S/C12H15N3/c1-8-4-6-10(7-5-8)11-9(2)14-12(13)15(11)3/h4-7H,1-3H3,(H2,13,14). The van der Waals surface area contributed by atoms with E-state index in [1.165, 1.54) is 5.56 Å². The summed E-state index contributed by atoms with van der Waals surface area (Å²) in [5.74, 6) is 0.558. The largest absolute Gasteiger partial charge is 0.369 e. The number of imidazole rings is 1. The monoisotopic (exact) mass is 201 g/mol. The van der Waals surface area contributed by atoms with Crippen LogP contribution in [0.4, 0.5) is 5.95 Å². The lowest BCUT2D eigenvalue weighted by Crippen LogP contribution is -1.98. The Hall–Kier alpha value is -1.77. The normalized spacial score (nSPS) is 10.6. The molecule has 0 unspecified atom stereocenters. The van der Waals surface area contributed by atoms with Crippen molar-refractivity contribution in [3.63, 3.8) is 0 Å². The molecule has 0 radical (unpaired) electrons. The molecule has 0 aliphatic carbocycles. The van der Waals surface area contributed by atoms with Crippen molar-refractivity contribution in [1.82, 2.24) is 9.55 Å². The molecule has 3 heteroatoms. The van der Waals surface area contributed by atoms with Crippen LogP contribution in [-0.2, 0) is 7.05 Å². The van der Waals surface area contributed by atoms with Gasteiger partial charge in [0.25, 0.3) is 0 Å². The van der Waals surface area contributed by atoms with Crippen LogP contribution in [0.3, 0.4) is 0 Å². The smallest absolute Gasteiger partial charge is 0.200 e. The lowest BCUT2D eigenvalue weighted by Gasteiger charge is -2.05. The molecule has 0 fully saturated rings. The van der Waals surface area contributed by atoms with Crippen LogP contribution in [0.15, 0.2) is 24.3 Å². The van der Waals surface area contributed by atoms with E-state index in [4.69, 9.17) is 5.73 Å². The van der Waals surface area contributed by atoms with E-state index in [1.807, 2.05) is 18.5 Å². The van der Waals surface area contributed by atoms with Gasteiger partial charge in [-0.05, 0) is 13.8 Å². The van der Waals surface area contributed by atoms with E-state index in [2.05, 4.69) is 36.2 Å². The first kappa shape index (κ1) is 9.77. The van der Waals surface area contributed by atoms with E-state index in [0.29, 0.717) is 5.95 Å². The van der Waals surface area contributed by atoms with Crippen molar-refractivity contribution >= 4 is 5.95 Å². The second-order valence-corrected chi connectivity index (χ2v) is 3.83. The highest BCUT2D eigenvalue weighted by Crippen LogP contribution is 2.24. The third-order valence-corrected chi connectivity index (χ3v) is 2.63. The number of nitrogens with zero attached hydrogens (tertiary/aromatic N) is 2. The zero-order valence-electron chi connectivity index (χ0n) is 9.28. The minimum Gasteiger partial charge on any atom is -0.369 e. The van der Waals surface area contributed by atoms with E-state index in [-0.39, 0.29) is 0 Å². The van der Waals surface area contributed by atoms with Crippen LogP contribution >= 0.6 is 0 Å². The second kappa shape index (κ2) is 3.42. The summed E-state index contributed by atoms with van der Waals surface area (Å²) in [5, 5.41) is 0. The minimum absolute atomic E-state index is 0.558. The highest BCUT2D eigenvalue weighted by Gasteiger charge is 2.10. The van der Waals surface area contributed by atoms with Gasteiger partial charge in [-0.25, -0.2) is 4.98 Å². The Morgan fingerprint density at radius 1 is 1.13 bits per heavy atom. The summed E-state index contributed by atoms with van der Waals surface area (Å²) in [7, 11) is 1.94. The van der Waals surface area contributed by atoms with E-state index in [1.54, 1.807) is 0 Å². The van der Waals surface area contributed by atoms with Gasteiger partial charge in [0.05, 0.1) is 11.4 Å². The topological polar surface area (TPSA) is 43.8 Å². The maximum absolute atomic E-state index is 5.76. The number of aryl methyl sites for hydroxylation is 2. The van der Waals surface area contributed by atoms with Crippen molar-refractivity contribution < 1.29 is 0 Å². The number of nitrogen functional groups attached to an aromatic ring is 1. The molecule has 0 aliphatic rings. The van der Waals surface area contributed by atoms with Crippen molar-refractivity contribution in [2.75, 3.05) is 5.73 Å². The minimum atomic E-state index is 0.558. The van der Waals surface area contributed by atoms with Gasteiger partial charge in [-0.3, -0.25) is 0 Å². The molecular weight excluding hydrogens is 186 g/mol. The van der Waals surface area contributed by atoms with Crippen LogP contribution in [0.5, 0.6) is 0 Å². The average molecular weight is 201 g/mol.